The summed E-state index contributed by atoms with van der Waals surface area (Å²) in [5.74, 6) is 0.710. The van der Waals surface area contributed by atoms with Crippen LogP contribution in [0.2, 0.25) is 0 Å². The van der Waals surface area contributed by atoms with Crippen LogP contribution in [0.4, 0.5) is 0 Å². The van der Waals surface area contributed by atoms with Gasteiger partial charge in [0.25, 0.3) is 0 Å². The third-order valence-corrected chi connectivity index (χ3v) is 4.29. The number of nitrogens with zero attached hydrogens (tertiary/aromatic N) is 4. The molecular formula is C15H24ClN5O. The first-order chi connectivity index (χ1) is 10.3. The summed E-state index contributed by atoms with van der Waals surface area (Å²) >= 11 is 0. The van der Waals surface area contributed by atoms with Crippen LogP contribution >= 0.6 is 12.4 Å². The van der Waals surface area contributed by atoms with Crippen molar-refractivity contribution in [2.45, 2.75) is 25.8 Å². The van der Waals surface area contributed by atoms with Crippen LogP contribution in [0.25, 0.3) is 5.65 Å². The number of likely N-dealkylation sites (tertiary alicyclic amines) is 1. The highest BCUT2D eigenvalue weighted by atomic mass is 35.5. The van der Waals surface area contributed by atoms with Crippen LogP contribution in [-0.4, -0.2) is 45.3 Å². The van der Waals surface area contributed by atoms with Gasteiger partial charge in [-0.2, -0.15) is 0 Å². The number of rotatable bonds is 5. The van der Waals surface area contributed by atoms with E-state index < -0.39 is 0 Å². The Labute approximate surface area is 136 Å². The molecule has 1 aliphatic heterocycles. The fourth-order valence-electron chi connectivity index (χ4n) is 3.18. The molecule has 0 aromatic carbocycles. The molecule has 0 saturated carbocycles. The Morgan fingerprint density at radius 3 is 2.95 bits per heavy atom. The number of hydrogen-bond donors (Lipinski definition) is 1. The van der Waals surface area contributed by atoms with Crippen LogP contribution in [0.3, 0.4) is 0 Å². The van der Waals surface area contributed by atoms with Crippen LogP contribution in [0, 0.1) is 5.92 Å². The fourth-order valence-corrected chi connectivity index (χ4v) is 3.18. The number of pyridine rings is 1. The SMILES string of the molecule is Cl.NCCC1CCCN(CCn2nc3ccccn3c2=O)C1. The Balaban J connectivity index is 0.00000176. The zero-order chi connectivity index (χ0) is 14.7. The second-order valence-corrected chi connectivity index (χ2v) is 5.82. The van der Waals surface area contributed by atoms with Gasteiger partial charge in [-0.3, -0.25) is 4.40 Å². The molecule has 3 heterocycles. The van der Waals surface area contributed by atoms with Gasteiger partial charge in [0.2, 0.25) is 0 Å². The van der Waals surface area contributed by atoms with Gasteiger partial charge < -0.3 is 10.6 Å². The van der Waals surface area contributed by atoms with Gasteiger partial charge in [0.15, 0.2) is 5.65 Å². The molecule has 0 bridgehead atoms. The van der Waals surface area contributed by atoms with E-state index in [1.165, 1.54) is 12.8 Å². The Morgan fingerprint density at radius 2 is 2.18 bits per heavy atom. The summed E-state index contributed by atoms with van der Waals surface area (Å²) in [6.45, 7) is 4.51. The lowest BCUT2D eigenvalue weighted by atomic mass is 9.95. The van der Waals surface area contributed by atoms with E-state index in [4.69, 9.17) is 5.73 Å². The lowest BCUT2D eigenvalue weighted by Gasteiger charge is -2.32. The van der Waals surface area contributed by atoms with Gasteiger partial charge in [-0.1, -0.05) is 6.07 Å². The molecule has 0 spiro atoms. The van der Waals surface area contributed by atoms with Crippen LogP contribution in [0.15, 0.2) is 29.2 Å². The van der Waals surface area contributed by atoms with Gasteiger partial charge in [-0.05, 0) is 50.4 Å². The summed E-state index contributed by atoms with van der Waals surface area (Å²) in [5, 5.41) is 4.37. The highest BCUT2D eigenvalue weighted by Gasteiger charge is 2.19. The average molecular weight is 326 g/mol. The van der Waals surface area contributed by atoms with E-state index in [1.807, 2.05) is 18.2 Å². The van der Waals surface area contributed by atoms with E-state index in [-0.39, 0.29) is 18.1 Å². The molecule has 2 aromatic heterocycles. The summed E-state index contributed by atoms with van der Waals surface area (Å²) in [4.78, 5) is 14.6. The van der Waals surface area contributed by atoms with Crippen LogP contribution in [-0.2, 0) is 6.54 Å². The summed E-state index contributed by atoms with van der Waals surface area (Å²) in [6.07, 6.45) is 5.37. The molecule has 1 aliphatic rings. The first kappa shape index (κ1) is 17.0. The second-order valence-electron chi connectivity index (χ2n) is 5.82. The van der Waals surface area contributed by atoms with Crippen LogP contribution in [0.5, 0.6) is 0 Å². The third kappa shape index (κ3) is 3.69. The number of nitrogens with two attached hydrogens (primary N) is 1. The van der Waals surface area contributed by atoms with E-state index in [1.54, 1.807) is 15.3 Å². The summed E-state index contributed by atoms with van der Waals surface area (Å²) in [7, 11) is 0. The number of aromatic nitrogens is 3. The number of fused-ring (bicyclic) bond motifs is 1. The monoisotopic (exact) mass is 325 g/mol. The van der Waals surface area contributed by atoms with Gasteiger partial charge >= 0.3 is 5.69 Å². The van der Waals surface area contributed by atoms with Crippen LogP contribution in [0.1, 0.15) is 19.3 Å². The maximum Gasteiger partial charge on any atom is 0.350 e. The molecule has 3 rings (SSSR count). The minimum absolute atomic E-state index is 0. The lowest BCUT2D eigenvalue weighted by Crippen LogP contribution is -2.39. The van der Waals surface area contributed by atoms with Crippen molar-refractivity contribution in [1.29, 1.82) is 0 Å². The quantitative estimate of drug-likeness (QED) is 0.889. The lowest BCUT2D eigenvalue weighted by molar-refractivity contribution is 0.162. The average Bonchev–Trinajstić information content (AvgIpc) is 2.83. The van der Waals surface area contributed by atoms with Gasteiger partial charge in [0.1, 0.15) is 0 Å². The molecule has 1 fully saturated rings. The highest BCUT2D eigenvalue weighted by Crippen LogP contribution is 2.18. The third-order valence-electron chi connectivity index (χ3n) is 4.29. The van der Waals surface area contributed by atoms with Crippen molar-refractivity contribution in [3.63, 3.8) is 0 Å². The zero-order valence-corrected chi connectivity index (χ0v) is 13.5. The van der Waals surface area contributed by atoms with Crippen molar-refractivity contribution in [3.8, 4) is 0 Å². The Bertz CT molecular complexity index is 651. The number of halogens is 1. The summed E-state index contributed by atoms with van der Waals surface area (Å²) < 4.78 is 3.16. The molecule has 6 nitrogen and oxygen atoms in total. The minimum Gasteiger partial charge on any atom is -0.330 e. The molecule has 7 heteroatoms. The summed E-state index contributed by atoms with van der Waals surface area (Å²) in [5.41, 5.74) is 6.31. The molecule has 0 aliphatic carbocycles. The molecule has 2 N–H and O–H groups in total. The van der Waals surface area contributed by atoms with Gasteiger partial charge in [0, 0.05) is 19.3 Å². The smallest absolute Gasteiger partial charge is 0.330 e. The fraction of sp³-hybridized carbons (Fsp3) is 0.600. The number of piperidine rings is 1. The Morgan fingerprint density at radius 1 is 1.32 bits per heavy atom. The van der Waals surface area contributed by atoms with Gasteiger partial charge in [0.05, 0.1) is 6.54 Å². The molecule has 1 unspecified atom stereocenters. The van der Waals surface area contributed by atoms with Crippen molar-refractivity contribution in [2.75, 3.05) is 26.2 Å². The molecule has 1 atom stereocenters. The minimum atomic E-state index is -0.0545. The zero-order valence-electron chi connectivity index (χ0n) is 12.7. The highest BCUT2D eigenvalue weighted by molar-refractivity contribution is 5.85. The maximum atomic E-state index is 12.2. The van der Waals surface area contributed by atoms with Crippen LogP contribution < -0.4 is 11.4 Å². The van der Waals surface area contributed by atoms with Gasteiger partial charge in [-0.25, -0.2) is 9.48 Å². The van der Waals surface area contributed by atoms with Gasteiger partial charge in [-0.15, -0.1) is 17.5 Å². The first-order valence-corrected chi connectivity index (χ1v) is 7.74. The largest absolute Gasteiger partial charge is 0.350 e. The van der Waals surface area contributed by atoms with E-state index >= 15 is 0 Å². The Kier molecular flexibility index (Phi) is 5.99. The normalized spacial score (nSPS) is 19.2. The standard InChI is InChI=1S/C15H23N5O.ClH/c16-7-6-13-4-3-8-18(12-13)10-11-20-15(21)19-9-2-1-5-14(19)17-20;/h1-2,5,9,13H,3-4,6-8,10-12,16H2;1H. The topological polar surface area (TPSA) is 68.6 Å². The number of hydrogen-bond acceptors (Lipinski definition) is 4. The molecule has 1 saturated heterocycles. The molecule has 122 valence electrons. The molecule has 0 amide bonds. The van der Waals surface area contributed by atoms with Crippen molar-refractivity contribution >= 4 is 18.1 Å². The second kappa shape index (κ2) is 7.76. The first-order valence-electron chi connectivity index (χ1n) is 7.74. The van der Waals surface area contributed by atoms with Crippen molar-refractivity contribution in [1.82, 2.24) is 19.1 Å². The van der Waals surface area contributed by atoms with E-state index in [0.29, 0.717) is 18.1 Å². The van der Waals surface area contributed by atoms with Crippen molar-refractivity contribution in [3.05, 3.63) is 34.9 Å². The molecule has 0 radical (unpaired) electrons. The predicted molar refractivity (Wildman–Crippen MR) is 89.5 cm³/mol. The summed E-state index contributed by atoms with van der Waals surface area (Å²) in [6, 6.07) is 5.60. The molecular weight excluding hydrogens is 302 g/mol. The Hall–Kier alpha value is -1.37. The van der Waals surface area contributed by atoms with E-state index in [9.17, 15) is 4.79 Å². The predicted octanol–water partition coefficient (Wildman–Crippen LogP) is 0.979. The van der Waals surface area contributed by atoms with E-state index in [0.717, 1.165) is 32.6 Å². The maximum absolute atomic E-state index is 12.2. The molecule has 2 aromatic rings. The van der Waals surface area contributed by atoms with E-state index in [2.05, 4.69) is 10.00 Å². The van der Waals surface area contributed by atoms with Crippen molar-refractivity contribution in [2.24, 2.45) is 11.7 Å². The molecule has 22 heavy (non-hydrogen) atoms. The van der Waals surface area contributed by atoms with Crippen molar-refractivity contribution < 1.29 is 0 Å².